The predicted molar refractivity (Wildman–Crippen MR) is 75.2 cm³/mol. The number of nitrogens with zero attached hydrogens (tertiary/aromatic N) is 2. The molecule has 0 aliphatic carbocycles. The van der Waals surface area contributed by atoms with Gasteiger partial charge in [-0.15, -0.1) is 0 Å². The van der Waals surface area contributed by atoms with Crippen LogP contribution in [0.25, 0.3) is 0 Å². The summed E-state index contributed by atoms with van der Waals surface area (Å²) in [5.74, 6) is -1.44. The molecule has 20 heavy (non-hydrogen) atoms. The lowest BCUT2D eigenvalue weighted by molar-refractivity contribution is 0.0693. The van der Waals surface area contributed by atoms with E-state index < -0.39 is 5.97 Å². The van der Waals surface area contributed by atoms with Crippen molar-refractivity contribution in [2.45, 2.75) is 13.8 Å². The molecular weight excluding hydrogens is 256 g/mol. The average Bonchev–Trinajstić information content (AvgIpc) is 2.39. The summed E-state index contributed by atoms with van der Waals surface area (Å²) >= 11 is 0. The largest absolute Gasteiger partial charge is 0.507 e. The van der Waals surface area contributed by atoms with E-state index in [0.29, 0.717) is 16.9 Å². The predicted octanol–water partition coefficient (Wildman–Crippen LogP) is 4.12. The first-order valence-corrected chi connectivity index (χ1v) is 6.02. The summed E-state index contributed by atoms with van der Waals surface area (Å²) in [6.07, 6.45) is 0. The molecule has 0 aliphatic heterocycles. The second-order valence-electron chi connectivity index (χ2n) is 4.50. The van der Waals surface area contributed by atoms with Crippen LogP contribution in [-0.2, 0) is 0 Å². The van der Waals surface area contributed by atoms with Crippen LogP contribution in [-0.4, -0.2) is 16.2 Å². The minimum atomic E-state index is -1.20. The smallest absolute Gasteiger partial charge is 0.339 e. The molecule has 0 heterocycles. The third-order valence-corrected chi connectivity index (χ3v) is 2.80. The number of rotatable bonds is 3. The van der Waals surface area contributed by atoms with E-state index in [1.165, 1.54) is 6.07 Å². The molecule has 0 saturated heterocycles. The summed E-state index contributed by atoms with van der Waals surface area (Å²) in [6.45, 7) is 3.57. The molecule has 5 nitrogen and oxygen atoms in total. The lowest BCUT2D eigenvalue weighted by atomic mass is 10.1. The molecule has 102 valence electrons. The molecule has 0 atom stereocenters. The fourth-order valence-corrected chi connectivity index (χ4v) is 1.79. The first-order chi connectivity index (χ1) is 9.47. The van der Waals surface area contributed by atoms with E-state index in [4.69, 9.17) is 5.11 Å². The highest BCUT2D eigenvalue weighted by molar-refractivity contribution is 5.92. The van der Waals surface area contributed by atoms with E-state index in [0.717, 1.165) is 5.56 Å². The number of hydrogen-bond donors (Lipinski definition) is 2. The van der Waals surface area contributed by atoms with Crippen molar-refractivity contribution in [3.63, 3.8) is 0 Å². The number of aromatic carboxylic acids is 1. The van der Waals surface area contributed by atoms with Gasteiger partial charge < -0.3 is 10.2 Å². The summed E-state index contributed by atoms with van der Waals surface area (Å²) < 4.78 is 0. The fraction of sp³-hybridized carbons (Fsp3) is 0.133. The van der Waals surface area contributed by atoms with Gasteiger partial charge in [-0.1, -0.05) is 12.1 Å². The Hall–Kier alpha value is -2.69. The highest BCUT2D eigenvalue weighted by Gasteiger charge is 2.13. The van der Waals surface area contributed by atoms with Gasteiger partial charge in [-0.05, 0) is 49.2 Å². The molecule has 0 bridgehead atoms. The van der Waals surface area contributed by atoms with Gasteiger partial charge in [0, 0.05) is 0 Å². The van der Waals surface area contributed by atoms with Gasteiger partial charge >= 0.3 is 5.97 Å². The van der Waals surface area contributed by atoms with Crippen LogP contribution in [0.1, 0.15) is 21.5 Å². The average molecular weight is 270 g/mol. The summed E-state index contributed by atoms with van der Waals surface area (Å²) in [4.78, 5) is 11.0. The number of benzene rings is 2. The van der Waals surface area contributed by atoms with E-state index >= 15 is 0 Å². The zero-order valence-electron chi connectivity index (χ0n) is 11.2. The van der Waals surface area contributed by atoms with Crippen LogP contribution >= 0.6 is 0 Å². The maximum absolute atomic E-state index is 11.0. The van der Waals surface area contributed by atoms with E-state index in [1.807, 2.05) is 31.2 Å². The molecule has 0 amide bonds. The third kappa shape index (κ3) is 3.00. The molecule has 0 radical (unpaired) electrons. The van der Waals surface area contributed by atoms with Gasteiger partial charge in [0.05, 0.1) is 11.4 Å². The monoisotopic (exact) mass is 270 g/mol. The van der Waals surface area contributed by atoms with Gasteiger partial charge in [-0.3, -0.25) is 0 Å². The molecule has 2 aromatic carbocycles. The molecule has 0 fully saturated rings. The van der Waals surface area contributed by atoms with E-state index in [9.17, 15) is 9.90 Å². The Balaban J connectivity index is 2.37. The Morgan fingerprint density at radius 3 is 2.40 bits per heavy atom. The quantitative estimate of drug-likeness (QED) is 0.823. The second-order valence-corrected chi connectivity index (χ2v) is 4.50. The number of carboxylic acid groups (broad SMARTS) is 1. The molecule has 0 saturated carbocycles. The Morgan fingerprint density at radius 1 is 1.05 bits per heavy atom. The number of carboxylic acids is 1. The van der Waals surface area contributed by atoms with Crippen molar-refractivity contribution in [1.29, 1.82) is 0 Å². The van der Waals surface area contributed by atoms with Gasteiger partial charge in [0.15, 0.2) is 0 Å². The summed E-state index contributed by atoms with van der Waals surface area (Å²) in [6, 6.07) is 10.4. The van der Waals surface area contributed by atoms with Crippen LogP contribution in [0.15, 0.2) is 46.6 Å². The van der Waals surface area contributed by atoms with Crippen molar-refractivity contribution in [2.75, 3.05) is 0 Å². The van der Waals surface area contributed by atoms with E-state index in [1.54, 1.807) is 13.0 Å². The van der Waals surface area contributed by atoms with Crippen LogP contribution in [0.5, 0.6) is 5.75 Å². The minimum absolute atomic E-state index is 0.178. The SMILES string of the molecule is Cc1cccc(N=Nc2cc(C)c(O)c(C(=O)O)c2)c1. The Bertz CT molecular complexity index is 694. The lowest BCUT2D eigenvalue weighted by Crippen LogP contribution is -1.97. The van der Waals surface area contributed by atoms with Gasteiger partial charge in [0.1, 0.15) is 11.3 Å². The van der Waals surface area contributed by atoms with Crippen LogP contribution < -0.4 is 0 Å². The molecule has 2 N–H and O–H groups in total. The molecule has 0 aromatic heterocycles. The third-order valence-electron chi connectivity index (χ3n) is 2.80. The highest BCUT2D eigenvalue weighted by Crippen LogP contribution is 2.29. The molecule has 2 aromatic rings. The summed E-state index contributed by atoms with van der Waals surface area (Å²) in [5.41, 5.74) is 2.41. The molecule has 0 spiro atoms. The van der Waals surface area contributed by atoms with Crippen molar-refractivity contribution in [2.24, 2.45) is 10.2 Å². The number of azo groups is 1. The number of hydrogen-bond acceptors (Lipinski definition) is 4. The normalized spacial score (nSPS) is 10.9. The van der Waals surface area contributed by atoms with Gasteiger partial charge in [-0.25, -0.2) is 4.79 Å². The van der Waals surface area contributed by atoms with Gasteiger partial charge in [0.2, 0.25) is 0 Å². The number of phenols is 1. The van der Waals surface area contributed by atoms with Crippen molar-refractivity contribution in [3.05, 3.63) is 53.1 Å². The first-order valence-electron chi connectivity index (χ1n) is 6.02. The van der Waals surface area contributed by atoms with Crippen LogP contribution in [0.2, 0.25) is 0 Å². The molecule has 0 aliphatic rings. The van der Waals surface area contributed by atoms with Crippen LogP contribution in [0, 0.1) is 13.8 Å². The molecular formula is C15H14N2O3. The Kier molecular flexibility index (Phi) is 3.79. The zero-order chi connectivity index (χ0) is 14.7. The first kappa shape index (κ1) is 13.7. The molecule has 0 unspecified atom stereocenters. The summed E-state index contributed by atoms with van der Waals surface area (Å²) in [5, 5.41) is 26.7. The fourth-order valence-electron chi connectivity index (χ4n) is 1.79. The van der Waals surface area contributed by atoms with Crippen molar-refractivity contribution < 1.29 is 15.0 Å². The second kappa shape index (κ2) is 5.52. The highest BCUT2D eigenvalue weighted by atomic mass is 16.4. The van der Waals surface area contributed by atoms with Crippen molar-refractivity contribution in [3.8, 4) is 5.75 Å². The Labute approximate surface area is 116 Å². The molecule has 5 heteroatoms. The van der Waals surface area contributed by atoms with Crippen LogP contribution in [0.4, 0.5) is 11.4 Å². The Morgan fingerprint density at radius 2 is 1.75 bits per heavy atom. The van der Waals surface area contributed by atoms with Crippen LogP contribution in [0.3, 0.4) is 0 Å². The topological polar surface area (TPSA) is 82.2 Å². The van der Waals surface area contributed by atoms with E-state index in [-0.39, 0.29) is 11.3 Å². The lowest BCUT2D eigenvalue weighted by Gasteiger charge is -2.04. The standard InChI is InChI=1S/C15H14N2O3/c1-9-4-3-5-11(6-9)16-17-12-7-10(2)14(18)13(8-12)15(19)20/h3-8,18H,1-2H3,(H,19,20). The minimum Gasteiger partial charge on any atom is -0.507 e. The maximum Gasteiger partial charge on any atom is 0.339 e. The zero-order valence-corrected chi connectivity index (χ0v) is 11.2. The van der Waals surface area contributed by atoms with Gasteiger partial charge in [-0.2, -0.15) is 10.2 Å². The summed E-state index contributed by atoms with van der Waals surface area (Å²) in [7, 11) is 0. The van der Waals surface area contributed by atoms with Crippen molar-refractivity contribution in [1.82, 2.24) is 0 Å². The maximum atomic E-state index is 11.0. The van der Waals surface area contributed by atoms with Gasteiger partial charge in [0.25, 0.3) is 0 Å². The van der Waals surface area contributed by atoms with E-state index in [2.05, 4.69) is 10.2 Å². The number of aryl methyl sites for hydroxylation is 2. The molecule has 2 rings (SSSR count). The number of carbonyl (C=O) groups is 1. The van der Waals surface area contributed by atoms with Crippen molar-refractivity contribution >= 4 is 17.3 Å². The number of aromatic hydroxyl groups is 1.